The lowest BCUT2D eigenvalue weighted by molar-refractivity contribution is -0.141. The highest BCUT2D eigenvalue weighted by atomic mass is 32.2. The number of hydrogen-bond acceptors (Lipinski definition) is 4. The van der Waals surface area contributed by atoms with Crippen LogP contribution in [0.4, 0.5) is 13.2 Å². The minimum atomic E-state index is -4.60. The van der Waals surface area contributed by atoms with Gasteiger partial charge in [0.05, 0.1) is 0 Å². The Morgan fingerprint density at radius 1 is 1.13 bits per heavy atom. The maximum Gasteiger partial charge on any atom is 0.433 e. The quantitative estimate of drug-likeness (QED) is 0.835. The molecule has 0 aliphatic carbocycles. The van der Waals surface area contributed by atoms with Crippen LogP contribution >= 0.6 is 0 Å². The Balaban J connectivity index is 2.11. The standard InChI is InChI=1S/C14H14F3N3O2S/c1-20(9-7-11-4-2-3-8-18-11)23(21,22)12-5-6-13(19-10-12)14(15,16)17/h2-6,8,10H,7,9H2,1H3. The summed E-state index contributed by atoms with van der Waals surface area (Å²) < 4.78 is 63.0. The van der Waals surface area contributed by atoms with E-state index < -0.39 is 21.9 Å². The Morgan fingerprint density at radius 3 is 2.39 bits per heavy atom. The molecule has 2 aromatic heterocycles. The fourth-order valence-electron chi connectivity index (χ4n) is 1.82. The van der Waals surface area contributed by atoms with Gasteiger partial charge in [0.2, 0.25) is 10.0 Å². The molecule has 2 rings (SSSR count). The summed E-state index contributed by atoms with van der Waals surface area (Å²) in [5, 5.41) is 0. The highest BCUT2D eigenvalue weighted by Gasteiger charge is 2.33. The SMILES string of the molecule is CN(CCc1ccccn1)S(=O)(=O)c1ccc(C(F)(F)F)nc1. The number of rotatable bonds is 5. The summed E-state index contributed by atoms with van der Waals surface area (Å²) in [5.41, 5.74) is -0.410. The van der Waals surface area contributed by atoms with Crippen molar-refractivity contribution in [1.29, 1.82) is 0 Å². The summed E-state index contributed by atoms with van der Waals surface area (Å²) in [6.45, 7) is 0.153. The Bertz CT molecular complexity index is 747. The number of halogens is 3. The van der Waals surface area contributed by atoms with Gasteiger partial charge in [-0.1, -0.05) is 6.07 Å². The van der Waals surface area contributed by atoms with E-state index in [-0.39, 0.29) is 11.4 Å². The van der Waals surface area contributed by atoms with E-state index in [1.54, 1.807) is 24.4 Å². The molecule has 0 aromatic carbocycles. The Kier molecular flexibility index (Phi) is 5.00. The van der Waals surface area contributed by atoms with Gasteiger partial charge in [-0.2, -0.15) is 13.2 Å². The number of nitrogens with zero attached hydrogens (tertiary/aromatic N) is 3. The molecule has 2 aromatic rings. The number of alkyl halides is 3. The van der Waals surface area contributed by atoms with Crippen LogP contribution in [-0.2, 0) is 22.6 Å². The van der Waals surface area contributed by atoms with Gasteiger partial charge >= 0.3 is 6.18 Å². The molecule has 0 atom stereocenters. The molecule has 0 saturated heterocycles. The highest BCUT2D eigenvalue weighted by molar-refractivity contribution is 7.89. The molecular weight excluding hydrogens is 331 g/mol. The summed E-state index contributed by atoms with van der Waals surface area (Å²) in [5.74, 6) is 0. The van der Waals surface area contributed by atoms with E-state index in [2.05, 4.69) is 9.97 Å². The third-order valence-corrected chi connectivity index (χ3v) is 4.98. The first-order valence-corrected chi connectivity index (χ1v) is 8.05. The molecule has 0 fully saturated rings. The molecule has 0 amide bonds. The van der Waals surface area contributed by atoms with Crippen molar-refractivity contribution in [3.05, 3.63) is 54.1 Å². The minimum Gasteiger partial charge on any atom is -0.261 e. The van der Waals surface area contributed by atoms with Crippen molar-refractivity contribution in [2.24, 2.45) is 0 Å². The van der Waals surface area contributed by atoms with Crippen molar-refractivity contribution in [3.8, 4) is 0 Å². The summed E-state index contributed by atoms with van der Waals surface area (Å²) in [6, 6.07) is 6.86. The van der Waals surface area contributed by atoms with E-state index in [0.717, 1.165) is 22.3 Å². The molecule has 0 aliphatic rings. The van der Waals surface area contributed by atoms with Crippen LogP contribution in [0, 0.1) is 0 Å². The zero-order chi connectivity index (χ0) is 17.1. The molecular formula is C14H14F3N3O2S. The molecule has 124 valence electrons. The van der Waals surface area contributed by atoms with Crippen molar-refractivity contribution < 1.29 is 21.6 Å². The van der Waals surface area contributed by atoms with Crippen molar-refractivity contribution in [1.82, 2.24) is 14.3 Å². The van der Waals surface area contributed by atoms with Crippen LogP contribution in [-0.4, -0.2) is 36.3 Å². The average Bonchev–Trinajstić information content (AvgIpc) is 2.52. The first kappa shape index (κ1) is 17.4. The third-order valence-electron chi connectivity index (χ3n) is 3.14. The number of sulfonamides is 1. The summed E-state index contributed by atoms with van der Waals surface area (Å²) in [7, 11) is -2.54. The van der Waals surface area contributed by atoms with Crippen LogP contribution in [0.2, 0.25) is 0 Å². The number of aromatic nitrogens is 2. The van der Waals surface area contributed by atoms with E-state index in [1.165, 1.54) is 7.05 Å². The minimum absolute atomic E-state index is 0.153. The van der Waals surface area contributed by atoms with Gasteiger partial charge in [-0.05, 0) is 24.3 Å². The zero-order valence-corrected chi connectivity index (χ0v) is 13.0. The lowest BCUT2D eigenvalue weighted by Gasteiger charge is -2.17. The maximum atomic E-state index is 12.5. The van der Waals surface area contributed by atoms with Gasteiger partial charge in [-0.3, -0.25) is 9.97 Å². The molecule has 2 heterocycles. The number of hydrogen-bond donors (Lipinski definition) is 0. The van der Waals surface area contributed by atoms with E-state index in [1.807, 2.05) is 0 Å². The number of likely N-dealkylation sites (N-methyl/N-ethyl adjacent to an activating group) is 1. The van der Waals surface area contributed by atoms with Gasteiger partial charge < -0.3 is 0 Å². The van der Waals surface area contributed by atoms with Crippen molar-refractivity contribution in [3.63, 3.8) is 0 Å². The van der Waals surface area contributed by atoms with Crippen LogP contribution in [0.3, 0.4) is 0 Å². The topological polar surface area (TPSA) is 63.2 Å². The Hall–Kier alpha value is -2.00. The number of pyridine rings is 2. The fraction of sp³-hybridized carbons (Fsp3) is 0.286. The van der Waals surface area contributed by atoms with Gasteiger partial charge in [-0.25, -0.2) is 12.7 Å². The van der Waals surface area contributed by atoms with Crippen molar-refractivity contribution in [2.45, 2.75) is 17.5 Å². The fourth-order valence-corrected chi connectivity index (χ4v) is 2.94. The average molecular weight is 345 g/mol. The Labute approximate surface area is 131 Å². The van der Waals surface area contributed by atoms with E-state index >= 15 is 0 Å². The normalized spacial score (nSPS) is 12.6. The smallest absolute Gasteiger partial charge is 0.261 e. The van der Waals surface area contributed by atoms with Crippen LogP contribution < -0.4 is 0 Å². The second-order valence-corrected chi connectivity index (χ2v) is 6.82. The molecule has 0 bridgehead atoms. The largest absolute Gasteiger partial charge is 0.433 e. The predicted octanol–water partition coefficient (Wildman–Crippen LogP) is 2.36. The molecule has 0 saturated carbocycles. The molecule has 9 heteroatoms. The van der Waals surface area contributed by atoms with Gasteiger partial charge in [0.1, 0.15) is 10.6 Å². The second-order valence-electron chi connectivity index (χ2n) is 4.77. The first-order chi connectivity index (χ1) is 10.7. The molecule has 5 nitrogen and oxygen atoms in total. The molecule has 0 N–H and O–H groups in total. The molecule has 0 unspecified atom stereocenters. The predicted molar refractivity (Wildman–Crippen MR) is 77.0 cm³/mol. The van der Waals surface area contributed by atoms with Crippen molar-refractivity contribution >= 4 is 10.0 Å². The lowest BCUT2D eigenvalue weighted by Crippen LogP contribution is -2.29. The van der Waals surface area contributed by atoms with Crippen LogP contribution in [0.5, 0.6) is 0 Å². The molecule has 0 aliphatic heterocycles. The lowest BCUT2D eigenvalue weighted by atomic mass is 10.3. The van der Waals surface area contributed by atoms with E-state index in [0.29, 0.717) is 12.5 Å². The summed E-state index contributed by atoms with van der Waals surface area (Å²) in [4.78, 5) is 6.98. The van der Waals surface area contributed by atoms with Crippen LogP contribution in [0.15, 0.2) is 47.6 Å². The van der Waals surface area contributed by atoms with E-state index in [9.17, 15) is 21.6 Å². The summed E-state index contributed by atoms with van der Waals surface area (Å²) in [6.07, 6.45) is -1.89. The van der Waals surface area contributed by atoms with Gasteiger partial charge in [-0.15, -0.1) is 0 Å². The molecule has 0 radical (unpaired) electrons. The van der Waals surface area contributed by atoms with Gasteiger partial charge in [0.25, 0.3) is 0 Å². The zero-order valence-electron chi connectivity index (χ0n) is 12.2. The van der Waals surface area contributed by atoms with Crippen LogP contribution in [0.25, 0.3) is 0 Å². The second kappa shape index (κ2) is 6.63. The van der Waals surface area contributed by atoms with Gasteiger partial charge in [0.15, 0.2) is 0 Å². The molecule has 0 spiro atoms. The van der Waals surface area contributed by atoms with Gasteiger partial charge in [0, 0.05) is 38.1 Å². The van der Waals surface area contributed by atoms with Crippen molar-refractivity contribution in [2.75, 3.05) is 13.6 Å². The first-order valence-electron chi connectivity index (χ1n) is 6.61. The monoisotopic (exact) mass is 345 g/mol. The molecule has 23 heavy (non-hydrogen) atoms. The maximum absolute atomic E-state index is 12.5. The summed E-state index contributed by atoms with van der Waals surface area (Å²) >= 11 is 0. The van der Waals surface area contributed by atoms with E-state index in [4.69, 9.17) is 0 Å². The Morgan fingerprint density at radius 2 is 1.87 bits per heavy atom. The highest BCUT2D eigenvalue weighted by Crippen LogP contribution is 2.28. The third kappa shape index (κ3) is 4.26. The van der Waals surface area contributed by atoms with Crippen LogP contribution in [0.1, 0.15) is 11.4 Å².